The minimum Gasteiger partial charge on any atom is -0.487 e. The number of carbonyl (C=O) groups excluding carboxylic acids is 1. The fraction of sp³-hybridized carbons (Fsp3) is 0.265. The molecular weight excluding hydrogens is 517 g/mol. The van der Waals surface area contributed by atoms with E-state index >= 15 is 0 Å². The van der Waals surface area contributed by atoms with Gasteiger partial charge in [-0.05, 0) is 70.2 Å². The van der Waals surface area contributed by atoms with Crippen LogP contribution < -0.4 is 20.4 Å². The van der Waals surface area contributed by atoms with Crippen molar-refractivity contribution in [3.8, 4) is 16.9 Å². The van der Waals surface area contributed by atoms with Crippen LogP contribution in [0.4, 0.5) is 4.39 Å². The Morgan fingerprint density at radius 3 is 2.08 bits per heavy atom. The average Bonchev–Trinajstić information content (AvgIpc) is 3.07. The van der Waals surface area contributed by atoms with Crippen molar-refractivity contribution >= 4 is 24.6 Å². The quantitative estimate of drug-likeness (QED) is 0.282. The number of nitrogens with one attached hydrogen (secondary N) is 1. The lowest BCUT2D eigenvalue weighted by Gasteiger charge is -2.43. The van der Waals surface area contributed by atoms with E-state index in [1.807, 2.05) is 38.1 Å². The molecule has 1 N–H and O–H groups in total. The predicted octanol–water partition coefficient (Wildman–Crippen LogP) is 6.39. The normalized spacial score (nSPS) is 15.6. The van der Waals surface area contributed by atoms with Crippen LogP contribution in [-0.4, -0.2) is 26.9 Å². The molecule has 1 aliphatic heterocycles. The first-order valence-electron chi connectivity index (χ1n) is 13.7. The first-order chi connectivity index (χ1) is 19.1. The number of benzene rings is 4. The molecule has 0 bridgehead atoms. The first-order valence-corrected chi connectivity index (χ1v) is 15.6. The van der Waals surface area contributed by atoms with Crippen LogP contribution in [0.15, 0.2) is 91.0 Å². The van der Waals surface area contributed by atoms with Crippen molar-refractivity contribution in [1.29, 1.82) is 0 Å². The van der Waals surface area contributed by atoms with Gasteiger partial charge in [0.1, 0.15) is 17.7 Å². The van der Waals surface area contributed by atoms with Gasteiger partial charge < -0.3 is 14.5 Å². The highest BCUT2D eigenvalue weighted by atomic mass is 28.4. The van der Waals surface area contributed by atoms with E-state index < -0.39 is 8.32 Å². The zero-order chi connectivity index (χ0) is 28.5. The Hall–Kier alpha value is -3.74. The summed E-state index contributed by atoms with van der Waals surface area (Å²) in [6, 6.07) is 29.6. The van der Waals surface area contributed by atoms with E-state index in [-0.39, 0.29) is 22.9 Å². The van der Waals surface area contributed by atoms with Gasteiger partial charge in [0, 0.05) is 5.56 Å². The summed E-state index contributed by atoms with van der Waals surface area (Å²) in [6.45, 7) is 11.2. The van der Waals surface area contributed by atoms with Gasteiger partial charge >= 0.3 is 0 Å². The third-order valence-electron chi connectivity index (χ3n) is 7.61. The van der Waals surface area contributed by atoms with E-state index in [1.165, 1.54) is 22.5 Å². The molecule has 206 valence electrons. The van der Waals surface area contributed by atoms with Crippen LogP contribution in [0.2, 0.25) is 5.04 Å². The highest BCUT2D eigenvalue weighted by Gasteiger charge is 2.50. The molecular formula is C34H36FNO3Si. The van der Waals surface area contributed by atoms with Crippen LogP contribution in [-0.2, 0) is 11.0 Å². The zero-order valence-electron chi connectivity index (χ0n) is 23.8. The van der Waals surface area contributed by atoms with Crippen LogP contribution in [0.1, 0.15) is 49.2 Å². The largest absolute Gasteiger partial charge is 0.487 e. The predicted molar refractivity (Wildman–Crippen MR) is 161 cm³/mol. The van der Waals surface area contributed by atoms with Gasteiger partial charge in [-0.15, -0.1) is 0 Å². The summed E-state index contributed by atoms with van der Waals surface area (Å²) in [5, 5.41) is 5.16. The van der Waals surface area contributed by atoms with Crippen LogP contribution in [0, 0.1) is 12.7 Å². The summed E-state index contributed by atoms with van der Waals surface area (Å²) in [6.07, 6.45) is -0.205. The average molecular weight is 554 g/mol. The summed E-state index contributed by atoms with van der Waals surface area (Å²) in [4.78, 5) is 13.2. The molecule has 0 unspecified atom stereocenters. The van der Waals surface area contributed by atoms with Gasteiger partial charge in [0.25, 0.3) is 14.2 Å². The maximum absolute atomic E-state index is 14.0. The molecule has 0 fully saturated rings. The fourth-order valence-corrected chi connectivity index (χ4v) is 10.3. The molecule has 0 spiro atoms. The van der Waals surface area contributed by atoms with Crippen molar-refractivity contribution in [1.82, 2.24) is 5.32 Å². The second-order valence-corrected chi connectivity index (χ2v) is 15.9. The van der Waals surface area contributed by atoms with Gasteiger partial charge in [0.15, 0.2) is 0 Å². The van der Waals surface area contributed by atoms with Crippen molar-refractivity contribution in [2.45, 2.75) is 52.4 Å². The fourth-order valence-electron chi connectivity index (χ4n) is 5.72. The molecule has 5 rings (SSSR count). The minimum absolute atomic E-state index is 0.187. The Kier molecular flexibility index (Phi) is 7.67. The number of hydrogen-bond acceptors (Lipinski definition) is 3. The second kappa shape index (κ2) is 11.0. The van der Waals surface area contributed by atoms with Crippen molar-refractivity contribution in [2.24, 2.45) is 0 Å². The molecule has 0 aromatic heterocycles. The number of amides is 1. The topological polar surface area (TPSA) is 47.6 Å². The van der Waals surface area contributed by atoms with Crippen molar-refractivity contribution < 1.29 is 18.3 Å². The monoisotopic (exact) mass is 553 g/mol. The van der Waals surface area contributed by atoms with Gasteiger partial charge in [-0.3, -0.25) is 4.79 Å². The standard InChI is InChI=1S/C34H36FNO3Si/c1-23-18-26(35)16-17-29(23)30-19-25(20-31-32(30)39-24(2)21-36-33(31)37)22-38-40(34(3,4)5,27-12-8-6-9-13-27)28-14-10-7-11-15-28/h6-20,24H,21-22H2,1-5H3,(H,36,37)/t24-/m1/s1. The molecule has 40 heavy (non-hydrogen) atoms. The molecule has 0 radical (unpaired) electrons. The smallest absolute Gasteiger partial charge is 0.261 e. The van der Waals surface area contributed by atoms with E-state index in [4.69, 9.17) is 9.16 Å². The molecule has 1 atom stereocenters. The van der Waals surface area contributed by atoms with Crippen LogP contribution >= 0.6 is 0 Å². The minimum atomic E-state index is -2.80. The van der Waals surface area contributed by atoms with Gasteiger partial charge in [-0.2, -0.15) is 0 Å². The van der Waals surface area contributed by atoms with Crippen molar-refractivity contribution in [2.75, 3.05) is 6.54 Å². The number of hydrogen-bond donors (Lipinski definition) is 1. The summed E-state index contributed by atoms with van der Waals surface area (Å²) in [5.41, 5.74) is 3.69. The SMILES string of the molecule is Cc1cc(F)ccc1-c1cc(CO[Si](c2ccccc2)(c2ccccc2)C(C)(C)C)cc2c1O[C@H](C)CNC2=O. The molecule has 6 heteroatoms. The number of halogens is 1. The summed E-state index contributed by atoms with van der Waals surface area (Å²) >= 11 is 0. The van der Waals surface area contributed by atoms with Gasteiger partial charge in [-0.1, -0.05) is 87.5 Å². The second-order valence-electron chi connectivity index (χ2n) is 11.6. The summed E-state index contributed by atoms with van der Waals surface area (Å²) in [5.74, 6) is 0.0320. The highest BCUT2D eigenvalue weighted by molar-refractivity contribution is 6.99. The van der Waals surface area contributed by atoms with E-state index in [2.05, 4.69) is 74.6 Å². The Morgan fingerprint density at radius 1 is 0.900 bits per heavy atom. The Labute approximate surface area is 237 Å². The van der Waals surface area contributed by atoms with E-state index in [0.717, 1.165) is 22.3 Å². The maximum Gasteiger partial charge on any atom is 0.261 e. The lowest BCUT2D eigenvalue weighted by molar-refractivity contribution is 0.0952. The third-order valence-corrected chi connectivity index (χ3v) is 12.6. The molecule has 0 saturated heterocycles. The van der Waals surface area contributed by atoms with Crippen LogP contribution in [0.25, 0.3) is 11.1 Å². The van der Waals surface area contributed by atoms with Gasteiger partial charge in [0.05, 0.1) is 18.7 Å². The summed E-state index contributed by atoms with van der Waals surface area (Å²) < 4.78 is 27.5. The Bertz CT molecular complexity index is 1480. The van der Waals surface area contributed by atoms with E-state index in [9.17, 15) is 9.18 Å². The molecule has 1 amide bonds. The zero-order valence-corrected chi connectivity index (χ0v) is 24.8. The van der Waals surface area contributed by atoms with E-state index in [1.54, 1.807) is 6.07 Å². The molecule has 1 heterocycles. The lowest BCUT2D eigenvalue weighted by Crippen LogP contribution is -2.66. The van der Waals surface area contributed by atoms with Gasteiger partial charge in [0.2, 0.25) is 0 Å². The third kappa shape index (κ3) is 5.21. The lowest BCUT2D eigenvalue weighted by atomic mass is 9.95. The molecule has 4 nitrogen and oxygen atoms in total. The van der Waals surface area contributed by atoms with Crippen molar-refractivity contribution in [3.63, 3.8) is 0 Å². The van der Waals surface area contributed by atoms with Crippen LogP contribution in [0.5, 0.6) is 5.75 Å². The molecule has 1 aliphatic rings. The maximum atomic E-state index is 14.0. The molecule has 4 aromatic carbocycles. The Balaban J connectivity index is 1.66. The van der Waals surface area contributed by atoms with Crippen molar-refractivity contribution in [3.05, 3.63) is 114 Å². The molecule has 0 saturated carbocycles. The molecule has 4 aromatic rings. The summed E-state index contributed by atoms with van der Waals surface area (Å²) in [7, 11) is -2.80. The number of fused-ring (bicyclic) bond motifs is 1. The first kappa shape index (κ1) is 27.8. The number of ether oxygens (including phenoxy) is 1. The number of carbonyl (C=O) groups is 1. The highest BCUT2D eigenvalue weighted by Crippen LogP contribution is 2.40. The van der Waals surface area contributed by atoms with Gasteiger partial charge in [-0.25, -0.2) is 4.39 Å². The Morgan fingerprint density at radius 2 is 1.50 bits per heavy atom. The van der Waals surface area contributed by atoms with Crippen LogP contribution in [0.3, 0.4) is 0 Å². The van der Waals surface area contributed by atoms with E-state index in [0.29, 0.717) is 24.5 Å². The number of rotatable bonds is 6. The number of aryl methyl sites for hydroxylation is 1. The molecule has 0 aliphatic carbocycles.